The Morgan fingerprint density at radius 1 is 1.40 bits per heavy atom. The van der Waals surface area contributed by atoms with Crippen molar-refractivity contribution >= 4 is 5.91 Å². The van der Waals surface area contributed by atoms with Gasteiger partial charge in [0.15, 0.2) is 0 Å². The van der Waals surface area contributed by atoms with E-state index in [1.54, 1.807) is 19.2 Å². The molecule has 1 aromatic heterocycles. The first kappa shape index (κ1) is 18.3. The van der Waals surface area contributed by atoms with Gasteiger partial charge in [0.1, 0.15) is 5.82 Å². The number of aliphatic hydroxyl groups excluding tert-OH is 1. The first-order valence-corrected chi connectivity index (χ1v) is 9.02. The Morgan fingerprint density at radius 2 is 2.08 bits per heavy atom. The highest BCUT2D eigenvalue weighted by atomic mass is 19.1. The number of hydrogen-bond acceptors (Lipinski definition) is 4. The van der Waals surface area contributed by atoms with E-state index in [-0.39, 0.29) is 17.1 Å². The lowest BCUT2D eigenvalue weighted by molar-refractivity contribution is -0.157. The van der Waals surface area contributed by atoms with Gasteiger partial charge in [-0.25, -0.2) is 4.39 Å². The van der Waals surface area contributed by atoms with Gasteiger partial charge in [-0.2, -0.15) is 0 Å². The maximum absolute atomic E-state index is 13.8. The summed E-state index contributed by atoms with van der Waals surface area (Å²) in [5.41, 5.74) is -0.0842. The van der Waals surface area contributed by atoms with E-state index >= 15 is 0 Å². The summed E-state index contributed by atoms with van der Waals surface area (Å²) >= 11 is 0. The largest absolute Gasteiger partial charge is 0.391 e. The molecule has 3 heterocycles. The lowest BCUT2D eigenvalue weighted by Crippen LogP contribution is -2.64. The molecule has 3 rings (SSSR count). The van der Waals surface area contributed by atoms with Crippen LogP contribution in [0.25, 0.3) is 0 Å². The Balaban J connectivity index is 1.67. The number of pyridine rings is 1. The van der Waals surface area contributed by atoms with Crippen molar-refractivity contribution in [2.24, 2.45) is 5.41 Å². The summed E-state index contributed by atoms with van der Waals surface area (Å²) in [6.07, 6.45) is 3.62. The molecule has 5 nitrogen and oxygen atoms in total. The van der Waals surface area contributed by atoms with Crippen molar-refractivity contribution in [3.8, 4) is 0 Å². The number of carbonyl (C=O) groups is 1. The van der Waals surface area contributed by atoms with Crippen LogP contribution in [0.5, 0.6) is 0 Å². The molecule has 1 spiro atoms. The summed E-state index contributed by atoms with van der Waals surface area (Å²) in [5, 5.41) is 10.6. The van der Waals surface area contributed by atoms with Gasteiger partial charge < -0.3 is 10.0 Å². The number of nitrogens with zero attached hydrogens (tertiary/aromatic N) is 3. The molecule has 2 aliphatic heterocycles. The second kappa shape index (κ2) is 6.65. The maximum Gasteiger partial charge on any atom is 0.219 e. The fourth-order valence-electron chi connectivity index (χ4n) is 4.25. The molecule has 0 aromatic carbocycles. The van der Waals surface area contributed by atoms with Gasteiger partial charge >= 0.3 is 0 Å². The predicted molar refractivity (Wildman–Crippen MR) is 93.2 cm³/mol. The van der Waals surface area contributed by atoms with Crippen molar-refractivity contribution in [1.29, 1.82) is 0 Å². The van der Waals surface area contributed by atoms with Crippen LogP contribution in [-0.2, 0) is 11.3 Å². The van der Waals surface area contributed by atoms with Gasteiger partial charge in [-0.15, -0.1) is 0 Å². The van der Waals surface area contributed by atoms with E-state index in [1.165, 1.54) is 6.07 Å². The van der Waals surface area contributed by atoms with E-state index < -0.39 is 11.6 Å². The standard InChI is InChI=1S/C19H28FN3O2/c1-14(24)23-13-19(11-17(25)18(23,2)3)6-9-22(10-7-19)12-16-15(20)5-4-8-21-16/h4-5,8,17,25H,6-7,9-13H2,1-3H3. The third kappa shape index (κ3) is 3.55. The molecular formula is C19H28FN3O2. The van der Waals surface area contributed by atoms with E-state index in [0.717, 1.165) is 32.4 Å². The summed E-state index contributed by atoms with van der Waals surface area (Å²) in [6.45, 7) is 8.30. The van der Waals surface area contributed by atoms with Gasteiger partial charge in [-0.1, -0.05) is 0 Å². The number of amides is 1. The van der Waals surface area contributed by atoms with Crippen molar-refractivity contribution in [3.63, 3.8) is 0 Å². The lowest BCUT2D eigenvalue weighted by Gasteiger charge is -2.55. The third-order valence-electron chi connectivity index (χ3n) is 6.14. The van der Waals surface area contributed by atoms with Crippen molar-refractivity contribution in [2.75, 3.05) is 19.6 Å². The molecule has 0 aliphatic carbocycles. The molecule has 1 aromatic rings. The summed E-state index contributed by atoms with van der Waals surface area (Å²) in [5.74, 6) is -0.249. The lowest BCUT2D eigenvalue weighted by atomic mass is 9.67. The monoisotopic (exact) mass is 349 g/mol. The fourth-order valence-corrected chi connectivity index (χ4v) is 4.25. The van der Waals surface area contributed by atoms with Crippen LogP contribution in [-0.4, -0.2) is 57.1 Å². The van der Waals surface area contributed by atoms with E-state index in [9.17, 15) is 14.3 Å². The van der Waals surface area contributed by atoms with E-state index in [0.29, 0.717) is 18.8 Å². The van der Waals surface area contributed by atoms with Crippen LogP contribution in [0.15, 0.2) is 18.3 Å². The highest BCUT2D eigenvalue weighted by molar-refractivity contribution is 5.74. The molecule has 1 unspecified atom stereocenters. The molecular weight excluding hydrogens is 321 g/mol. The van der Waals surface area contributed by atoms with Crippen LogP contribution in [0, 0.1) is 11.2 Å². The number of carbonyl (C=O) groups excluding carboxylic acids is 1. The van der Waals surface area contributed by atoms with Crippen molar-refractivity contribution < 1.29 is 14.3 Å². The van der Waals surface area contributed by atoms with Crippen LogP contribution in [0.2, 0.25) is 0 Å². The summed E-state index contributed by atoms with van der Waals surface area (Å²) in [4.78, 5) is 20.3. The molecule has 2 aliphatic rings. The molecule has 1 amide bonds. The molecule has 2 saturated heterocycles. The zero-order valence-electron chi connectivity index (χ0n) is 15.3. The zero-order chi connectivity index (χ0) is 18.2. The van der Waals surface area contributed by atoms with E-state index in [1.807, 2.05) is 18.7 Å². The van der Waals surface area contributed by atoms with Crippen molar-refractivity contribution in [2.45, 2.75) is 58.2 Å². The normalized spacial score (nSPS) is 26.0. The Kier molecular flexibility index (Phi) is 4.86. The number of aliphatic hydroxyl groups is 1. The summed E-state index contributed by atoms with van der Waals surface area (Å²) in [6, 6.07) is 3.05. The Morgan fingerprint density at radius 3 is 2.68 bits per heavy atom. The number of halogens is 1. The highest BCUT2D eigenvalue weighted by Gasteiger charge is 2.50. The van der Waals surface area contributed by atoms with Crippen molar-refractivity contribution in [3.05, 3.63) is 29.8 Å². The minimum atomic E-state index is -0.523. The SMILES string of the molecule is CC(=O)N1CC2(CCN(Cc3ncccc3F)CC2)CC(O)C1(C)C. The van der Waals surface area contributed by atoms with Crippen molar-refractivity contribution in [1.82, 2.24) is 14.8 Å². The molecule has 2 fully saturated rings. The Labute approximate surface area is 148 Å². The molecule has 0 radical (unpaired) electrons. The van der Waals surface area contributed by atoms with Crippen LogP contribution in [0.3, 0.4) is 0 Å². The first-order chi connectivity index (χ1) is 11.7. The Hall–Kier alpha value is -1.53. The first-order valence-electron chi connectivity index (χ1n) is 9.02. The van der Waals surface area contributed by atoms with Gasteiger partial charge in [0, 0.05) is 26.2 Å². The van der Waals surface area contributed by atoms with E-state index in [2.05, 4.69) is 9.88 Å². The second-order valence-corrected chi connectivity index (χ2v) is 8.19. The molecule has 1 N–H and O–H groups in total. The maximum atomic E-state index is 13.8. The molecule has 0 saturated carbocycles. The number of rotatable bonds is 2. The summed E-state index contributed by atoms with van der Waals surface area (Å²) < 4.78 is 13.8. The molecule has 138 valence electrons. The number of piperidine rings is 2. The molecule has 0 bridgehead atoms. The van der Waals surface area contributed by atoms with E-state index in [4.69, 9.17) is 0 Å². The van der Waals surface area contributed by atoms with Gasteiger partial charge in [0.25, 0.3) is 0 Å². The smallest absolute Gasteiger partial charge is 0.219 e. The average molecular weight is 349 g/mol. The number of likely N-dealkylation sites (tertiary alicyclic amines) is 2. The Bertz CT molecular complexity index is 641. The average Bonchev–Trinajstić information content (AvgIpc) is 2.55. The number of hydrogen-bond donors (Lipinski definition) is 1. The van der Waals surface area contributed by atoms with Gasteiger partial charge in [-0.05, 0) is 63.7 Å². The fraction of sp³-hybridized carbons (Fsp3) is 0.684. The topological polar surface area (TPSA) is 56.7 Å². The van der Waals surface area contributed by atoms with Crippen LogP contribution < -0.4 is 0 Å². The minimum Gasteiger partial charge on any atom is -0.391 e. The molecule has 25 heavy (non-hydrogen) atoms. The van der Waals surface area contributed by atoms with Crippen LogP contribution in [0.4, 0.5) is 4.39 Å². The zero-order valence-corrected chi connectivity index (χ0v) is 15.3. The predicted octanol–water partition coefficient (Wildman–Crippen LogP) is 2.19. The quantitative estimate of drug-likeness (QED) is 0.889. The van der Waals surface area contributed by atoms with Gasteiger partial charge in [0.2, 0.25) is 5.91 Å². The molecule has 1 atom stereocenters. The molecule has 6 heteroatoms. The third-order valence-corrected chi connectivity index (χ3v) is 6.14. The van der Waals surface area contributed by atoms with Gasteiger partial charge in [0.05, 0.1) is 17.3 Å². The van der Waals surface area contributed by atoms with Crippen LogP contribution in [0.1, 0.15) is 45.7 Å². The summed E-state index contributed by atoms with van der Waals surface area (Å²) in [7, 11) is 0. The number of aromatic nitrogens is 1. The van der Waals surface area contributed by atoms with Gasteiger partial charge in [-0.3, -0.25) is 14.7 Å². The van der Waals surface area contributed by atoms with Crippen LogP contribution >= 0.6 is 0 Å². The minimum absolute atomic E-state index is 0.0149. The second-order valence-electron chi connectivity index (χ2n) is 8.19. The highest BCUT2D eigenvalue weighted by Crippen LogP contribution is 2.45.